The Labute approximate surface area is 161 Å². The van der Waals surface area contributed by atoms with Gasteiger partial charge in [0, 0.05) is 29.7 Å². The quantitative estimate of drug-likeness (QED) is 0.624. The third-order valence-electron chi connectivity index (χ3n) is 5.13. The predicted octanol–water partition coefficient (Wildman–Crippen LogP) is 4.31. The highest BCUT2D eigenvalue weighted by molar-refractivity contribution is 6.28. The summed E-state index contributed by atoms with van der Waals surface area (Å²) in [5.41, 5.74) is 0.990. The predicted molar refractivity (Wildman–Crippen MR) is 99.8 cm³/mol. The maximum atomic E-state index is 14.1. The Balaban J connectivity index is 1.66. The molecule has 1 saturated heterocycles. The summed E-state index contributed by atoms with van der Waals surface area (Å²) in [6, 6.07) is 5.52. The van der Waals surface area contributed by atoms with Gasteiger partial charge in [-0.3, -0.25) is 0 Å². The minimum Gasteiger partial charge on any atom is -0.301 e. The van der Waals surface area contributed by atoms with Crippen LogP contribution in [0.25, 0.3) is 16.9 Å². The Bertz CT molecular complexity index is 980. The molecule has 142 valence electrons. The maximum Gasteiger partial charge on any atom is 0.226 e. The minimum absolute atomic E-state index is 0.101. The molecule has 8 heteroatoms. The van der Waals surface area contributed by atoms with Crippen LogP contribution in [-0.4, -0.2) is 43.6 Å². The first-order chi connectivity index (χ1) is 12.9. The number of benzene rings is 1. The monoisotopic (exact) mass is 391 g/mol. The molecule has 3 aromatic rings. The van der Waals surface area contributed by atoms with E-state index in [1.165, 1.54) is 16.6 Å². The highest BCUT2D eigenvalue weighted by atomic mass is 35.5. The van der Waals surface area contributed by atoms with Gasteiger partial charge >= 0.3 is 0 Å². The largest absolute Gasteiger partial charge is 0.301 e. The number of likely N-dealkylation sites (tertiary alicyclic amines) is 1. The minimum atomic E-state index is -0.691. The molecule has 0 atom stereocenters. The topological polar surface area (TPSA) is 46.3 Å². The van der Waals surface area contributed by atoms with Gasteiger partial charge in [-0.05, 0) is 63.5 Å². The van der Waals surface area contributed by atoms with E-state index in [9.17, 15) is 8.78 Å². The average Bonchev–Trinajstić information content (AvgIpc) is 3.06. The summed E-state index contributed by atoms with van der Waals surface area (Å²) >= 11 is 6.26. The molecule has 1 aliphatic rings. The Morgan fingerprint density at radius 2 is 1.85 bits per heavy atom. The van der Waals surface area contributed by atoms with Gasteiger partial charge in [0.2, 0.25) is 5.28 Å². The highest BCUT2D eigenvalue weighted by Gasteiger charge is 2.25. The van der Waals surface area contributed by atoms with E-state index < -0.39 is 11.6 Å². The molecule has 0 N–H and O–H groups in total. The Kier molecular flexibility index (Phi) is 4.82. The van der Waals surface area contributed by atoms with E-state index in [1.807, 2.05) is 0 Å². The van der Waals surface area contributed by atoms with Crippen molar-refractivity contribution in [3.05, 3.63) is 47.0 Å². The second-order valence-corrected chi connectivity index (χ2v) is 7.52. The molecule has 1 fully saturated rings. The van der Waals surface area contributed by atoms with Crippen molar-refractivity contribution >= 4 is 17.2 Å². The molecule has 27 heavy (non-hydrogen) atoms. The second kappa shape index (κ2) is 7.13. The standard InChI is InChI=1S/C19H20ClF2N5/c1-11(2)26-7-5-12(6-8-26)18-24-17-10-16(23-19(20)27(17)25-18)14-4-3-13(21)9-15(14)22/h3-4,9-12H,5-8H2,1-2H3. The van der Waals surface area contributed by atoms with Crippen LogP contribution in [0.1, 0.15) is 38.4 Å². The Morgan fingerprint density at radius 3 is 2.52 bits per heavy atom. The molecule has 0 bridgehead atoms. The lowest BCUT2D eigenvalue weighted by atomic mass is 9.95. The van der Waals surface area contributed by atoms with Gasteiger partial charge in [-0.2, -0.15) is 4.52 Å². The molecule has 1 aliphatic heterocycles. The van der Waals surface area contributed by atoms with Gasteiger partial charge in [0.1, 0.15) is 11.6 Å². The van der Waals surface area contributed by atoms with Crippen molar-refractivity contribution in [3.63, 3.8) is 0 Å². The first-order valence-electron chi connectivity index (χ1n) is 9.05. The van der Waals surface area contributed by atoms with Gasteiger partial charge in [-0.25, -0.2) is 18.7 Å². The van der Waals surface area contributed by atoms with Crippen LogP contribution in [0.5, 0.6) is 0 Å². The van der Waals surface area contributed by atoms with Crippen molar-refractivity contribution in [2.45, 2.75) is 38.6 Å². The Hall–Kier alpha value is -2.12. The van der Waals surface area contributed by atoms with Gasteiger partial charge in [-0.15, -0.1) is 5.10 Å². The zero-order valence-corrected chi connectivity index (χ0v) is 15.9. The summed E-state index contributed by atoms with van der Waals surface area (Å²) in [4.78, 5) is 11.3. The number of fused-ring (bicyclic) bond motifs is 1. The summed E-state index contributed by atoms with van der Waals surface area (Å²) in [5, 5.41) is 4.62. The Morgan fingerprint density at radius 1 is 1.11 bits per heavy atom. The van der Waals surface area contributed by atoms with Crippen molar-refractivity contribution in [3.8, 4) is 11.3 Å². The summed E-state index contributed by atoms with van der Waals surface area (Å²) in [7, 11) is 0. The van der Waals surface area contributed by atoms with E-state index in [4.69, 9.17) is 11.6 Å². The van der Waals surface area contributed by atoms with E-state index >= 15 is 0 Å². The normalized spacial score (nSPS) is 16.5. The SMILES string of the molecule is CC(C)N1CCC(c2nc3cc(-c4ccc(F)cc4F)nc(Cl)n3n2)CC1. The fourth-order valence-electron chi connectivity index (χ4n) is 3.55. The van der Waals surface area contributed by atoms with Crippen molar-refractivity contribution in [2.75, 3.05) is 13.1 Å². The average molecular weight is 392 g/mol. The number of piperidine rings is 1. The lowest BCUT2D eigenvalue weighted by Crippen LogP contribution is -2.38. The molecule has 2 aromatic heterocycles. The van der Waals surface area contributed by atoms with E-state index in [0.717, 1.165) is 37.8 Å². The first-order valence-corrected chi connectivity index (χ1v) is 9.43. The van der Waals surface area contributed by atoms with Crippen molar-refractivity contribution in [1.82, 2.24) is 24.5 Å². The molecule has 1 aromatic carbocycles. The molecule has 3 heterocycles. The lowest BCUT2D eigenvalue weighted by molar-refractivity contribution is 0.169. The molecule has 0 spiro atoms. The van der Waals surface area contributed by atoms with Crippen LogP contribution >= 0.6 is 11.6 Å². The van der Waals surface area contributed by atoms with Crippen LogP contribution in [0.4, 0.5) is 8.78 Å². The molecule has 0 aliphatic carbocycles. The molecule has 4 rings (SSSR count). The summed E-state index contributed by atoms with van der Waals surface area (Å²) in [6.07, 6.45) is 1.97. The molecular weight excluding hydrogens is 372 g/mol. The van der Waals surface area contributed by atoms with Gasteiger partial charge in [0.25, 0.3) is 0 Å². The van der Waals surface area contributed by atoms with Crippen molar-refractivity contribution < 1.29 is 8.78 Å². The van der Waals surface area contributed by atoms with Crippen LogP contribution in [0, 0.1) is 11.6 Å². The zero-order chi connectivity index (χ0) is 19.1. The van der Waals surface area contributed by atoms with Gasteiger partial charge < -0.3 is 4.90 Å². The van der Waals surface area contributed by atoms with E-state index in [2.05, 4.69) is 33.8 Å². The summed E-state index contributed by atoms with van der Waals surface area (Å²) in [6.45, 7) is 6.42. The molecular formula is C19H20ClF2N5. The fourth-order valence-corrected chi connectivity index (χ4v) is 3.77. The van der Waals surface area contributed by atoms with Gasteiger partial charge in [0.15, 0.2) is 11.5 Å². The summed E-state index contributed by atoms with van der Waals surface area (Å²) < 4.78 is 28.7. The third-order valence-corrected chi connectivity index (χ3v) is 5.38. The van der Waals surface area contributed by atoms with Crippen LogP contribution in [0.2, 0.25) is 5.28 Å². The third kappa shape index (κ3) is 3.53. The smallest absolute Gasteiger partial charge is 0.226 e. The zero-order valence-electron chi connectivity index (χ0n) is 15.2. The second-order valence-electron chi connectivity index (χ2n) is 7.18. The fraction of sp³-hybridized carbons (Fsp3) is 0.421. The summed E-state index contributed by atoms with van der Waals surface area (Å²) in [5.74, 6) is -0.328. The number of hydrogen-bond acceptors (Lipinski definition) is 4. The van der Waals surface area contributed by atoms with Gasteiger partial charge in [0.05, 0.1) is 5.69 Å². The molecule has 5 nitrogen and oxygen atoms in total. The maximum absolute atomic E-state index is 14.1. The van der Waals surface area contributed by atoms with Crippen molar-refractivity contribution in [1.29, 1.82) is 0 Å². The van der Waals surface area contributed by atoms with E-state index in [1.54, 1.807) is 6.07 Å². The van der Waals surface area contributed by atoms with Crippen LogP contribution in [0.3, 0.4) is 0 Å². The first kappa shape index (κ1) is 18.3. The number of halogens is 3. The highest BCUT2D eigenvalue weighted by Crippen LogP contribution is 2.29. The van der Waals surface area contributed by atoms with Crippen LogP contribution < -0.4 is 0 Å². The molecule has 0 amide bonds. The number of nitrogens with zero attached hydrogens (tertiary/aromatic N) is 5. The number of aromatic nitrogens is 4. The number of hydrogen-bond donors (Lipinski definition) is 0. The van der Waals surface area contributed by atoms with E-state index in [0.29, 0.717) is 17.4 Å². The lowest BCUT2D eigenvalue weighted by Gasteiger charge is -2.33. The molecule has 0 saturated carbocycles. The van der Waals surface area contributed by atoms with E-state index in [-0.39, 0.29) is 16.8 Å². The molecule has 0 unspecified atom stereocenters. The van der Waals surface area contributed by atoms with Gasteiger partial charge in [-0.1, -0.05) is 0 Å². The number of rotatable bonds is 3. The van der Waals surface area contributed by atoms with Crippen molar-refractivity contribution in [2.24, 2.45) is 0 Å². The van der Waals surface area contributed by atoms with Crippen LogP contribution in [0.15, 0.2) is 24.3 Å². The van der Waals surface area contributed by atoms with Crippen LogP contribution in [-0.2, 0) is 0 Å². The molecule has 0 radical (unpaired) electrons.